The number of aryl methyl sites for hydroxylation is 1. The SMILES string of the molecule is CC#CC#CC#CC#COc1ccc(C(=O)Oc2ccc(-c3ccc(-c4cccc(-c5ccc(-c6ccc(OC(=O)c7ccc(C)cc7)cc6)cn5)c4)nc3)cc2)cc1. The Labute approximate surface area is 342 Å². The molecule has 0 aliphatic heterocycles. The monoisotopic (exact) mass is 764 g/mol. The second-order valence-corrected chi connectivity index (χ2v) is 12.9. The van der Waals surface area contributed by atoms with E-state index in [1.54, 1.807) is 67.6 Å². The van der Waals surface area contributed by atoms with E-state index in [1.807, 2.05) is 98.2 Å². The molecule has 0 saturated heterocycles. The summed E-state index contributed by atoms with van der Waals surface area (Å²) >= 11 is 0. The summed E-state index contributed by atoms with van der Waals surface area (Å²) in [4.78, 5) is 34.8. The summed E-state index contributed by atoms with van der Waals surface area (Å²) < 4.78 is 16.5. The summed E-state index contributed by atoms with van der Waals surface area (Å²) in [6.07, 6.45) is 6.13. The molecule has 7 nitrogen and oxygen atoms in total. The molecule has 0 unspecified atom stereocenters. The van der Waals surface area contributed by atoms with Crippen LogP contribution in [0.3, 0.4) is 0 Å². The molecule has 7 rings (SSSR count). The van der Waals surface area contributed by atoms with Crippen molar-refractivity contribution in [2.24, 2.45) is 0 Å². The van der Waals surface area contributed by atoms with Crippen LogP contribution in [0.1, 0.15) is 33.2 Å². The Kier molecular flexibility index (Phi) is 12.3. The van der Waals surface area contributed by atoms with Crippen molar-refractivity contribution < 1.29 is 23.8 Å². The summed E-state index contributed by atoms with van der Waals surface area (Å²) in [5.74, 6) is 18.4. The Balaban J connectivity index is 0.930. The third-order valence-corrected chi connectivity index (χ3v) is 8.81. The van der Waals surface area contributed by atoms with Gasteiger partial charge in [0.25, 0.3) is 0 Å². The number of carbonyl (C=O) groups excluding carboxylic acids is 2. The van der Waals surface area contributed by atoms with E-state index in [4.69, 9.17) is 24.2 Å². The van der Waals surface area contributed by atoms with E-state index >= 15 is 0 Å². The van der Waals surface area contributed by atoms with Crippen molar-refractivity contribution in [2.75, 3.05) is 0 Å². The maximum absolute atomic E-state index is 12.8. The van der Waals surface area contributed by atoms with Gasteiger partial charge in [0.2, 0.25) is 0 Å². The highest BCUT2D eigenvalue weighted by molar-refractivity contribution is 5.92. The molecule has 0 N–H and O–H groups in total. The zero-order valence-corrected chi connectivity index (χ0v) is 31.9. The van der Waals surface area contributed by atoms with E-state index in [-0.39, 0.29) is 0 Å². The Morgan fingerprint density at radius 3 is 1.37 bits per heavy atom. The summed E-state index contributed by atoms with van der Waals surface area (Å²) in [7, 11) is 0. The van der Waals surface area contributed by atoms with Crippen molar-refractivity contribution >= 4 is 11.9 Å². The summed E-state index contributed by atoms with van der Waals surface area (Å²) in [5.41, 5.74) is 9.25. The Morgan fingerprint density at radius 2 is 0.898 bits per heavy atom. The molecule has 59 heavy (non-hydrogen) atoms. The molecule has 0 fully saturated rings. The topological polar surface area (TPSA) is 87.6 Å². The van der Waals surface area contributed by atoms with Crippen molar-refractivity contribution in [3.8, 4) is 110 Å². The van der Waals surface area contributed by atoms with Gasteiger partial charge in [0.05, 0.1) is 22.5 Å². The highest BCUT2D eigenvalue weighted by atomic mass is 16.5. The fourth-order valence-corrected chi connectivity index (χ4v) is 5.72. The third kappa shape index (κ3) is 10.4. The number of hydrogen-bond donors (Lipinski definition) is 0. The van der Waals surface area contributed by atoms with Gasteiger partial charge >= 0.3 is 11.9 Å². The lowest BCUT2D eigenvalue weighted by atomic mass is 10.0. The molecular formula is C52H32N2O5. The lowest BCUT2D eigenvalue weighted by Gasteiger charge is -2.09. The average molecular weight is 765 g/mol. The molecule has 0 aliphatic rings. The fourth-order valence-electron chi connectivity index (χ4n) is 5.72. The standard InChI is InChI=1S/C52H32N2O5/c1-3-4-5-6-7-8-9-33-57-46-25-21-41(22-26-46)52(56)59-48-29-19-39(20-30-48)45-24-32-50(54-36-45)43-12-10-11-42(34-43)49-31-23-44(35-53-49)38-17-27-47(28-18-38)58-51(55)40-15-13-37(2)14-16-40/h10-32,34-36H,1-2H3. The highest BCUT2D eigenvalue weighted by Crippen LogP contribution is 2.29. The minimum atomic E-state index is -0.500. The molecule has 0 bridgehead atoms. The van der Waals surface area contributed by atoms with Crippen LogP contribution in [-0.2, 0) is 0 Å². The number of pyridine rings is 2. The lowest BCUT2D eigenvalue weighted by molar-refractivity contribution is 0.0725. The molecule has 2 aromatic heterocycles. The molecule has 0 radical (unpaired) electrons. The van der Waals surface area contributed by atoms with Crippen molar-refractivity contribution in [2.45, 2.75) is 13.8 Å². The minimum absolute atomic E-state index is 0.362. The molecule has 0 amide bonds. The van der Waals surface area contributed by atoms with Gasteiger partial charge in [-0.3, -0.25) is 9.97 Å². The molecule has 0 atom stereocenters. The average Bonchev–Trinajstić information content (AvgIpc) is 3.28. The number of hydrogen-bond acceptors (Lipinski definition) is 7. The fraction of sp³-hybridized carbons (Fsp3) is 0.0385. The summed E-state index contributed by atoms with van der Waals surface area (Å²) in [6, 6.07) is 44.5. The number of ether oxygens (including phenoxy) is 3. The Bertz CT molecular complexity index is 2870. The van der Waals surface area contributed by atoms with Crippen molar-refractivity contribution in [1.29, 1.82) is 0 Å². The van der Waals surface area contributed by atoms with Gasteiger partial charge in [-0.1, -0.05) is 78.2 Å². The van der Waals surface area contributed by atoms with E-state index in [9.17, 15) is 9.59 Å². The van der Waals surface area contributed by atoms with Crippen molar-refractivity contribution in [3.63, 3.8) is 0 Å². The van der Waals surface area contributed by atoms with Crippen molar-refractivity contribution in [3.05, 3.63) is 175 Å². The van der Waals surface area contributed by atoms with Crippen LogP contribution in [0.4, 0.5) is 0 Å². The molecule has 280 valence electrons. The zero-order chi connectivity index (χ0) is 40.8. The van der Waals surface area contributed by atoms with E-state index in [0.717, 1.165) is 50.3 Å². The van der Waals surface area contributed by atoms with E-state index < -0.39 is 11.9 Å². The molecule has 0 spiro atoms. The molecule has 7 heteroatoms. The van der Waals surface area contributed by atoms with Gasteiger partial charge < -0.3 is 14.2 Å². The van der Waals surface area contributed by atoms with Crippen LogP contribution < -0.4 is 14.2 Å². The lowest BCUT2D eigenvalue weighted by Crippen LogP contribution is -2.08. The van der Waals surface area contributed by atoms with Gasteiger partial charge in [-0.15, -0.1) is 0 Å². The quantitative estimate of drug-likeness (QED) is 0.0822. The first-order chi connectivity index (χ1) is 28.9. The van der Waals surface area contributed by atoms with Crippen LogP contribution in [0, 0.1) is 54.5 Å². The van der Waals surface area contributed by atoms with Gasteiger partial charge in [-0.2, -0.15) is 0 Å². The number of aromatic nitrogens is 2. The highest BCUT2D eigenvalue weighted by Gasteiger charge is 2.12. The maximum atomic E-state index is 12.8. The van der Waals surface area contributed by atoms with Crippen LogP contribution in [0.25, 0.3) is 44.8 Å². The van der Waals surface area contributed by atoms with Crippen LogP contribution in [0.2, 0.25) is 0 Å². The van der Waals surface area contributed by atoms with E-state index in [2.05, 4.69) is 53.6 Å². The van der Waals surface area contributed by atoms with Gasteiger partial charge in [-0.25, -0.2) is 9.59 Å². The number of benzene rings is 5. The Hall–Kier alpha value is -8.62. The molecule has 5 aromatic carbocycles. The second-order valence-electron chi connectivity index (χ2n) is 12.9. The number of nitrogens with zero attached hydrogens (tertiary/aromatic N) is 2. The van der Waals surface area contributed by atoms with Gasteiger partial charge in [0.15, 0.2) is 0 Å². The molecule has 7 aromatic rings. The van der Waals surface area contributed by atoms with Gasteiger partial charge in [0, 0.05) is 52.4 Å². The number of rotatable bonds is 9. The van der Waals surface area contributed by atoms with E-state index in [0.29, 0.717) is 28.4 Å². The predicted octanol–water partition coefficient (Wildman–Crippen LogP) is 10.3. The van der Waals surface area contributed by atoms with Crippen LogP contribution in [0.5, 0.6) is 17.2 Å². The first-order valence-corrected chi connectivity index (χ1v) is 18.4. The van der Waals surface area contributed by atoms with Crippen molar-refractivity contribution in [1.82, 2.24) is 9.97 Å². The molecule has 0 aliphatic carbocycles. The number of carbonyl (C=O) groups is 2. The summed E-state index contributed by atoms with van der Waals surface area (Å²) in [5, 5.41) is 0. The molecule has 0 saturated carbocycles. The largest absolute Gasteiger partial charge is 0.423 e. The molecule has 2 heterocycles. The maximum Gasteiger partial charge on any atom is 0.343 e. The van der Waals surface area contributed by atoms with Crippen LogP contribution in [-0.4, -0.2) is 21.9 Å². The first-order valence-electron chi connectivity index (χ1n) is 18.4. The second kappa shape index (κ2) is 18.8. The zero-order valence-electron chi connectivity index (χ0n) is 31.9. The minimum Gasteiger partial charge on any atom is -0.423 e. The van der Waals surface area contributed by atoms with Crippen LogP contribution in [0.15, 0.2) is 158 Å². The van der Waals surface area contributed by atoms with Crippen LogP contribution >= 0.6 is 0 Å². The Morgan fingerprint density at radius 1 is 0.458 bits per heavy atom. The van der Waals surface area contributed by atoms with Gasteiger partial charge in [-0.05, 0) is 122 Å². The summed E-state index contributed by atoms with van der Waals surface area (Å²) in [6.45, 7) is 3.67. The first kappa shape index (κ1) is 38.6. The predicted molar refractivity (Wildman–Crippen MR) is 229 cm³/mol. The smallest absolute Gasteiger partial charge is 0.343 e. The number of esters is 2. The normalized spacial score (nSPS) is 9.80. The molecular weight excluding hydrogens is 733 g/mol. The third-order valence-electron chi connectivity index (χ3n) is 8.81. The van der Waals surface area contributed by atoms with E-state index in [1.165, 1.54) is 0 Å². The van der Waals surface area contributed by atoms with Gasteiger partial charge in [0.1, 0.15) is 23.4 Å².